The number of piperazine rings is 1. The third-order valence-electron chi connectivity index (χ3n) is 6.43. The molecule has 6 nitrogen and oxygen atoms in total. The monoisotopic (exact) mass is 406 g/mol. The molecule has 2 amide bonds. The number of hydrogen-bond donors (Lipinski definition) is 2. The Morgan fingerprint density at radius 2 is 1.47 bits per heavy atom. The molecule has 1 saturated heterocycles. The van der Waals surface area contributed by atoms with E-state index in [9.17, 15) is 9.59 Å². The van der Waals surface area contributed by atoms with Crippen molar-refractivity contribution in [1.82, 2.24) is 15.8 Å². The van der Waals surface area contributed by atoms with Crippen LogP contribution >= 0.6 is 0 Å². The van der Waals surface area contributed by atoms with Gasteiger partial charge < -0.3 is 4.90 Å². The summed E-state index contributed by atoms with van der Waals surface area (Å²) in [6.45, 7) is 4.50. The molecule has 0 atom stereocenters. The number of nitrogens with one attached hydrogen (secondary N) is 2. The molecule has 2 aliphatic rings. The van der Waals surface area contributed by atoms with Crippen molar-refractivity contribution in [3.8, 4) is 0 Å². The maximum Gasteiger partial charge on any atom is 0.249 e. The molecule has 0 spiro atoms. The molecule has 30 heavy (non-hydrogen) atoms. The topological polar surface area (TPSA) is 64.7 Å². The SMILES string of the molecule is O=C(CCN1CCN(c2ccccc2)CC1)NNC(=O)C1(c2ccccc2)CCC1. The highest BCUT2D eigenvalue weighted by Crippen LogP contribution is 2.43. The summed E-state index contributed by atoms with van der Waals surface area (Å²) in [5.41, 5.74) is 7.08. The Morgan fingerprint density at radius 1 is 0.833 bits per heavy atom. The van der Waals surface area contributed by atoms with Gasteiger partial charge in [0, 0.05) is 44.8 Å². The lowest BCUT2D eigenvalue weighted by Crippen LogP contribution is -2.55. The fourth-order valence-corrected chi connectivity index (χ4v) is 4.37. The van der Waals surface area contributed by atoms with Gasteiger partial charge in [-0.25, -0.2) is 0 Å². The molecule has 1 aliphatic heterocycles. The van der Waals surface area contributed by atoms with Crippen LogP contribution in [0, 0.1) is 0 Å². The largest absolute Gasteiger partial charge is 0.369 e. The highest BCUT2D eigenvalue weighted by Gasteiger charge is 2.45. The fraction of sp³-hybridized carbons (Fsp3) is 0.417. The average molecular weight is 407 g/mol. The quantitative estimate of drug-likeness (QED) is 0.724. The molecule has 2 fully saturated rings. The van der Waals surface area contributed by atoms with Crippen molar-refractivity contribution >= 4 is 17.5 Å². The number of rotatable bonds is 6. The first-order chi connectivity index (χ1) is 14.7. The zero-order valence-electron chi connectivity index (χ0n) is 17.3. The van der Waals surface area contributed by atoms with Crippen molar-refractivity contribution in [1.29, 1.82) is 0 Å². The summed E-state index contributed by atoms with van der Waals surface area (Å²) in [6, 6.07) is 20.3. The van der Waals surface area contributed by atoms with Gasteiger partial charge in [0.25, 0.3) is 0 Å². The summed E-state index contributed by atoms with van der Waals surface area (Å²) < 4.78 is 0. The number of carbonyl (C=O) groups excluding carboxylic acids is 2. The molecule has 2 aromatic carbocycles. The van der Waals surface area contributed by atoms with E-state index < -0.39 is 5.41 Å². The average Bonchev–Trinajstić information content (AvgIpc) is 2.77. The van der Waals surface area contributed by atoms with Gasteiger partial charge in [0.15, 0.2) is 0 Å². The molecule has 1 aliphatic carbocycles. The number of nitrogens with zero attached hydrogens (tertiary/aromatic N) is 2. The van der Waals surface area contributed by atoms with Gasteiger partial charge >= 0.3 is 0 Å². The van der Waals surface area contributed by atoms with Gasteiger partial charge in [0.1, 0.15) is 0 Å². The second kappa shape index (κ2) is 9.30. The van der Waals surface area contributed by atoms with Gasteiger partial charge in [0.05, 0.1) is 5.41 Å². The third kappa shape index (κ3) is 4.49. The molecule has 0 unspecified atom stereocenters. The fourth-order valence-electron chi connectivity index (χ4n) is 4.37. The van der Waals surface area contributed by atoms with Gasteiger partial charge in [-0.15, -0.1) is 0 Å². The highest BCUT2D eigenvalue weighted by atomic mass is 16.2. The molecular formula is C24H30N4O2. The molecule has 158 valence electrons. The summed E-state index contributed by atoms with van der Waals surface area (Å²) in [6.07, 6.45) is 3.06. The van der Waals surface area contributed by atoms with E-state index in [1.807, 2.05) is 36.4 Å². The first kappa shape index (κ1) is 20.4. The van der Waals surface area contributed by atoms with E-state index in [2.05, 4.69) is 44.9 Å². The van der Waals surface area contributed by atoms with E-state index in [0.717, 1.165) is 51.0 Å². The molecule has 0 radical (unpaired) electrons. The molecule has 2 N–H and O–H groups in total. The number of benzene rings is 2. The van der Waals surface area contributed by atoms with Crippen molar-refractivity contribution < 1.29 is 9.59 Å². The van der Waals surface area contributed by atoms with Gasteiger partial charge in [-0.2, -0.15) is 0 Å². The van der Waals surface area contributed by atoms with Crippen molar-refractivity contribution in [2.45, 2.75) is 31.1 Å². The van der Waals surface area contributed by atoms with E-state index >= 15 is 0 Å². The minimum Gasteiger partial charge on any atom is -0.369 e. The van der Waals surface area contributed by atoms with Crippen LogP contribution in [0.3, 0.4) is 0 Å². The van der Waals surface area contributed by atoms with Crippen molar-refractivity contribution in [3.63, 3.8) is 0 Å². The number of hydrazine groups is 1. The molecule has 0 bridgehead atoms. The zero-order valence-corrected chi connectivity index (χ0v) is 17.3. The van der Waals surface area contributed by atoms with E-state index in [-0.39, 0.29) is 11.8 Å². The van der Waals surface area contributed by atoms with Crippen LogP contribution in [0.4, 0.5) is 5.69 Å². The van der Waals surface area contributed by atoms with E-state index in [1.165, 1.54) is 5.69 Å². The number of anilines is 1. The second-order valence-corrected chi connectivity index (χ2v) is 8.22. The van der Waals surface area contributed by atoms with Crippen LogP contribution in [0.25, 0.3) is 0 Å². The lowest BCUT2D eigenvalue weighted by atomic mass is 9.64. The Labute approximate surface area is 178 Å². The molecule has 2 aromatic rings. The molecule has 1 saturated carbocycles. The maximum absolute atomic E-state index is 12.8. The summed E-state index contributed by atoms with van der Waals surface area (Å²) in [5.74, 6) is -0.249. The van der Waals surface area contributed by atoms with E-state index in [4.69, 9.17) is 0 Å². The van der Waals surface area contributed by atoms with Crippen LogP contribution in [0.2, 0.25) is 0 Å². The molecule has 1 heterocycles. The van der Waals surface area contributed by atoms with Crippen LogP contribution in [0.1, 0.15) is 31.2 Å². The van der Waals surface area contributed by atoms with Crippen LogP contribution in [0.5, 0.6) is 0 Å². The summed E-state index contributed by atoms with van der Waals surface area (Å²) in [5, 5.41) is 0. The Bertz CT molecular complexity index is 844. The first-order valence-electron chi connectivity index (χ1n) is 10.8. The Hall–Kier alpha value is -2.86. The van der Waals surface area contributed by atoms with Crippen molar-refractivity contribution in [3.05, 3.63) is 66.2 Å². The van der Waals surface area contributed by atoms with Gasteiger partial charge in [-0.3, -0.25) is 25.3 Å². The smallest absolute Gasteiger partial charge is 0.249 e. The third-order valence-corrected chi connectivity index (χ3v) is 6.43. The standard InChI is InChI=1S/C24H30N4O2/c29-22(12-15-27-16-18-28(19-17-27)21-10-5-2-6-11-21)25-26-23(30)24(13-7-14-24)20-8-3-1-4-9-20/h1-6,8-11H,7,12-19H2,(H,25,29)(H,26,30). The predicted octanol–water partition coefficient (Wildman–Crippen LogP) is 2.47. The summed E-state index contributed by atoms with van der Waals surface area (Å²) in [4.78, 5) is 29.7. The van der Waals surface area contributed by atoms with Crippen LogP contribution < -0.4 is 15.8 Å². The molecular weight excluding hydrogens is 376 g/mol. The van der Waals surface area contributed by atoms with Crippen LogP contribution in [-0.4, -0.2) is 49.4 Å². The van der Waals surface area contributed by atoms with Gasteiger partial charge in [0.2, 0.25) is 11.8 Å². The summed E-state index contributed by atoms with van der Waals surface area (Å²) >= 11 is 0. The Morgan fingerprint density at radius 3 is 2.07 bits per heavy atom. The van der Waals surface area contributed by atoms with E-state index in [0.29, 0.717) is 13.0 Å². The highest BCUT2D eigenvalue weighted by molar-refractivity contribution is 5.91. The minimum absolute atomic E-state index is 0.107. The van der Waals surface area contributed by atoms with Crippen LogP contribution in [0.15, 0.2) is 60.7 Å². The normalized spacial score (nSPS) is 18.3. The second-order valence-electron chi connectivity index (χ2n) is 8.22. The lowest BCUT2D eigenvalue weighted by Gasteiger charge is -2.40. The Kier molecular flexibility index (Phi) is 6.33. The van der Waals surface area contributed by atoms with Gasteiger partial charge in [-0.1, -0.05) is 55.0 Å². The zero-order chi connectivity index (χ0) is 20.8. The Balaban J connectivity index is 1.19. The maximum atomic E-state index is 12.8. The number of para-hydroxylation sites is 1. The van der Waals surface area contributed by atoms with E-state index in [1.54, 1.807) is 0 Å². The molecule has 0 aromatic heterocycles. The van der Waals surface area contributed by atoms with Crippen LogP contribution in [-0.2, 0) is 15.0 Å². The first-order valence-corrected chi connectivity index (χ1v) is 10.8. The van der Waals surface area contributed by atoms with Crippen molar-refractivity contribution in [2.24, 2.45) is 0 Å². The number of carbonyl (C=O) groups is 2. The summed E-state index contributed by atoms with van der Waals surface area (Å²) in [7, 11) is 0. The number of hydrogen-bond acceptors (Lipinski definition) is 4. The molecule has 4 rings (SSSR count). The molecule has 6 heteroatoms. The van der Waals surface area contributed by atoms with Crippen molar-refractivity contribution in [2.75, 3.05) is 37.6 Å². The van der Waals surface area contributed by atoms with Gasteiger partial charge in [-0.05, 0) is 30.5 Å². The number of amides is 2. The minimum atomic E-state index is -0.498. The predicted molar refractivity (Wildman–Crippen MR) is 118 cm³/mol. The lowest BCUT2D eigenvalue weighted by molar-refractivity contribution is -0.134.